The number of anilines is 1. The van der Waals surface area contributed by atoms with Crippen LogP contribution in [0.1, 0.15) is 24.0 Å². The molecule has 0 spiro atoms. The molecule has 0 saturated heterocycles. The van der Waals surface area contributed by atoms with Gasteiger partial charge in [0, 0.05) is 6.20 Å². The molecule has 1 aromatic heterocycles. The molecular weight excluding hydrogens is 264 g/mol. The number of pyridine rings is 1. The lowest BCUT2D eigenvalue weighted by molar-refractivity contribution is -0.118. The van der Waals surface area contributed by atoms with Gasteiger partial charge in [0.15, 0.2) is 6.61 Å². The molecule has 4 nitrogen and oxygen atoms in total. The number of benzene rings is 1. The molecule has 21 heavy (non-hydrogen) atoms. The van der Waals surface area contributed by atoms with E-state index in [0.717, 1.165) is 18.6 Å². The lowest BCUT2D eigenvalue weighted by atomic mass is 9.92. The van der Waals surface area contributed by atoms with Crippen molar-refractivity contribution in [3.8, 4) is 5.75 Å². The monoisotopic (exact) mass is 282 g/mol. The van der Waals surface area contributed by atoms with Crippen molar-refractivity contribution in [3.05, 3.63) is 53.7 Å². The van der Waals surface area contributed by atoms with E-state index in [1.54, 1.807) is 18.3 Å². The van der Waals surface area contributed by atoms with Crippen LogP contribution in [-0.4, -0.2) is 17.5 Å². The molecule has 1 aliphatic carbocycles. The van der Waals surface area contributed by atoms with E-state index in [1.807, 2.05) is 12.1 Å². The number of carbonyl (C=O) groups is 1. The molecular formula is C17H18N2O2. The van der Waals surface area contributed by atoms with Crippen LogP contribution >= 0.6 is 0 Å². The molecule has 1 aromatic carbocycles. The van der Waals surface area contributed by atoms with Crippen molar-refractivity contribution >= 4 is 11.7 Å². The second-order valence-corrected chi connectivity index (χ2v) is 5.19. The van der Waals surface area contributed by atoms with E-state index in [2.05, 4.69) is 22.4 Å². The average molecular weight is 282 g/mol. The van der Waals surface area contributed by atoms with Gasteiger partial charge < -0.3 is 10.1 Å². The predicted octanol–water partition coefficient (Wildman–Crippen LogP) is 2.98. The Kier molecular flexibility index (Phi) is 4.15. The molecule has 1 N–H and O–H groups in total. The molecule has 0 atom stereocenters. The van der Waals surface area contributed by atoms with Crippen molar-refractivity contribution in [1.29, 1.82) is 0 Å². The summed E-state index contributed by atoms with van der Waals surface area (Å²) in [6, 6.07) is 11.5. The summed E-state index contributed by atoms with van der Waals surface area (Å²) in [4.78, 5) is 15.8. The summed E-state index contributed by atoms with van der Waals surface area (Å²) >= 11 is 0. The molecule has 0 fully saturated rings. The molecule has 3 rings (SSSR count). The van der Waals surface area contributed by atoms with Crippen LogP contribution in [0, 0.1) is 0 Å². The number of rotatable bonds is 4. The largest absolute Gasteiger partial charge is 0.484 e. The summed E-state index contributed by atoms with van der Waals surface area (Å²) in [5.41, 5.74) is 2.76. The van der Waals surface area contributed by atoms with E-state index in [-0.39, 0.29) is 12.5 Å². The number of carbonyl (C=O) groups excluding carboxylic acids is 1. The number of aryl methyl sites for hydroxylation is 2. The molecule has 0 saturated carbocycles. The fourth-order valence-corrected chi connectivity index (χ4v) is 2.56. The third-order valence-electron chi connectivity index (χ3n) is 3.62. The highest BCUT2D eigenvalue weighted by molar-refractivity contribution is 5.90. The number of hydrogen-bond acceptors (Lipinski definition) is 3. The van der Waals surface area contributed by atoms with Crippen molar-refractivity contribution in [3.63, 3.8) is 0 Å². The number of amides is 1. The Morgan fingerprint density at radius 2 is 2.00 bits per heavy atom. The van der Waals surface area contributed by atoms with Crippen LogP contribution in [0.4, 0.5) is 5.82 Å². The van der Waals surface area contributed by atoms with Gasteiger partial charge in [-0.3, -0.25) is 4.79 Å². The first kappa shape index (κ1) is 13.6. The van der Waals surface area contributed by atoms with E-state index in [9.17, 15) is 4.79 Å². The molecule has 4 heteroatoms. The van der Waals surface area contributed by atoms with Crippen molar-refractivity contribution < 1.29 is 9.53 Å². The summed E-state index contributed by atoms with van der Waals surface area (Å²) in [6.07, 6.45) is 6.39. The zero-order chi connectivity index (χ0) is 14.5. The topological polar surface area (TPSA) is 51.2 Å². The highest BCUT2D eigenvalue weighted by Crippen LogP contribution is 2.25. The van der Waals surface area contributed by atoms with Gasteiger partial charge in [0.2, 0.25) is 0 Å². The van der Waals surface area contributed by atoms with Gasteiger partial charge in [-0.2, -0.15) is 0 Å². The number of ether oxygens (including phenoxy) is 1. The van der Waals surface area contributed by atoms with E-state index in [0.29, 0.717) is 5.82 Å². The van der Waals surface area contributed by atoms with Crippen molar-refractivity contribution in [2.75, 3.05) is 11.9 Å². The maximum Gasteiger partial charge on any atom is 0.263 e. The quantitative estimate of drug-likeness (QED) is 0.938. The normalized spacial score (nSPS) is 13.3. The van der Waals surface area contributed by atoms with Gasteiger partial charge >= 0.3 is 0 Å². The SMILES string of the molecule is O=C(COc1ccc2c(c1)CCCC2)Nc1ccccn1. The molecule has 1 heterocycles. The first-order valence-corrected chi connectivity index (χ1v) is 7.27. The minimum absolute atomic E-state index is 0.00460. The highest BCUT2D eigenvalue weighted by atomic mass is 16.5. The Morgan fingerprint density at radius 3 is 2.81 bits per heavy atom. The van der Waals surface area contributed by atoms with E-state index in [1.165, 1.54) is 24.0 Å². The summed E-state index contributed by atoms with van der Waals surface area (Å²) in [5.74, 6) is 1.09. The molecule has 1 amide bonds. The standard InChI is InChI=1S/C17H18N2O2/c20-17(19-16-7-3-4-10-18-16)12-21-15-9-8-13-5-1-2-6-14(13)11-15/h3-4,7-11H,1-2,5-6,12H2,(H,18,19,20). The van der Waals surface area contributed by atoms with Gasteiger partial charge in [-0.1, -0.05) is 12.1 Å². The van der Waals surface area contributed by atoms with Crippen LogP contribution in [0.25, 0.3) is 0 Å². The van der Waals surface area contributed by atoms with Gasteiger partial charge in [-0.05, 0) is 61.1 Å². The fraction of sp³-hybridized carbons (Fsp3) is 0.294. The maximum absolute atomic E-state index is 11.8. The number of aromatic nitrogens is 1. The number of hydrogen-bond donors (Lipinski definition) is 1. The Morgan fingerprint density at radius 1 is 1.14 bits per heavy atom. The van der Waals surface area contributed by atoms with Crippen LogP contribution in [-0.2, 0) is 17.6 Å². The van der Waals surface area contributed by atoms with Crippen LogP contribution in [0.15, 0.2) is 42.6 Å². The lowest BCUT2D eigenvalue weighted by Gasteiger charge is -2.16. The van der Waals surface area contributed by atoms with Crippen molar-refractivity contribution in [2.24, 2.45) is 0 Å². The molecule has 0 unspecified atom stereocenters. The molecule has 2 aromatic rings. The van der Waals surface area contributed by atoms with Crippen molar-refractivity contribution in [1.82, 2.24) is 4.98 Å². The Labute approximate surface area is 124 Å². The first-order chi connectivity index (χ1) is 10.3. The third kappa shape index (κ3) is 3.60. The minimum atomic E-state index is -0.202. The summed E-state index contributed by atoms with van der Waals surface area (Å²) < 4.78 is 5.57. The summed E-state index contributed by atoms with van der Waals surface area (Å²) in [5, 5.41) is 2.70. The maximum atomic E-state index is 11.8. The van der Waals surface area contributed by atoms with Gasteiger partial charge in [0.25, 0.3) is 5.91 Å². The number of nitrogens with one attached hydrogen (secondary N) is 1. The number of fused-ring (bicyclic) bond motifs is 1. The second kappa shape index (κ2) is 6.39. The zero-order valence-corrected chi connectivity index (χ0v) is 11.8. The van der Waals surface area contributed by atoms with Gasteiger partial charge in [0.1, 0.15) is 11.6 Å². The van der Waals surface area contributed by atoms with Crippen LogP contribution in [0.2, 0.25) is 0 Å². The van der Waals surface area contributed by atoms with Gasteiger partial charge in [-0.15, -0.1) is 0 Å². The molecule has 108 valence electrons. The lowest BCUT2D eigenvalue weighted by Crippen LogP contribution is -2.20. The Hall–Kier alpha value is -2.36. The summed E-state index contributed by atoms with van der Waals surface area (Å²) in [7, 11) is 0. The van der Waals surface area contributed by atoms with Gasteiger partial charge in [-0.25, -0.2) is 4.98 Å². The van der Waals surface area contributed by atoms with Crippen LogP contribution in [0.3, 0.4) is 0 Å². The zero-order valence-electron chi connectivity index (χ0n) is 11.8. The molecule has 0 bridgehead atoms. The Balaban J connectivity index is 1.56. The highest BCUT2D eigenvalue weighted by Gasteiger charge is 2.10. The van der Waals surface area contributed by atoms with E-state index < -0.39 is 0 Å². The predicted molar refractivity (Wildman–Crippen MR) is 81.4 cm³/mol. The minimum Gasteiger partial charge on any atom is -0.484 e. The smallest absolute Gasteiger partial charge is 0.263 e. The fourth-order valence-electron chi connectivity index (χ4n) is 2.56. The molecule has 0 aliphatic heterocycles. The average Bonchev–Trinajstić information content (AvgIpc) is 2.54. The molecule has 1 aliphatic rings. The van der Waals surface area contributed by atoms with Crippen LogP contribution < -0.4 is 10.1 Å². The van der Waals surface area contributed by atoms with E-state index in [4.69, 9.17) is 4.74 Å². The Bertz CT molecular complexity index is 626. The molecule has 0 radical (unpaired) electrons. The number of nitrogens with zero attached hydrogens (tertiary/aromatic N) is 1. The first-order valence-electron chi connectivity index (χ1n) is 7.27. The second-order valence-electron chi connectivity index (χ2n) is 5.19. The van der Waals surface area contributed by atoms with Crippen LogP contribution in [0.5, 0.6) is 5.75 Å². The summed E-state index contributed by atoms with van der Waals surface area (Å²) in [6.45, 7) is -0.00460. The van der Waals surface area contributed by atoms with E-state index >= 15 is 0 Å². The van der Waals surface area contributed by atoms with Crippen molar-refractivity contribution in [2.45, 2.75) is 25.7 Å². The third-order valence-corrected chi connectivity index (χ3v) is 3.62. The van der Waals surface area contributed by atoms with Gasteiger partial charge in [0.05, 0.1) is 0 Å².